The van der Waals surface area contributed by atoms with Crippen molar-refractivity contribution in [2.24, 2.45) is 0 Å². The van der Waals surface area contributed by atoms with Gasteiger partial charge in [0.15, 0.2) is 0 Å². The van der Waals surface area contributed by atoms with E-state index in [2.05, 4.69) is 0 Å². The molecule has 21 valence electrons. The first-order chi connectivity index (χ1) is 1.41. The van der Waals surface area contributed by atoms with E-state index in [0.717, 1.165) is 0 Å². The van der Waals surface area contributed by atoms with Crippen LogP contribution in [0.25, 0.3) is 0 Å². The van der Waals surface area contributed by atoms with Crippen LogP contribution in [0, 0.1) is 0 Å². The van der Waals surface area contributed by atoms with E-state index in [0.29, 0.717) is 0 Å². The summed E-state index contributed by atoms with van der Waals surface area (Å²) < 4.78 is 0. The van der Waals surface area contributed by atoms with Gasteiger partial charge < -0.3 is 0 Å². The van der Waals surface area contributed by atoms with Gasteiger partial charge in [0.25, 0.3) is 0 Å². The zero-order chi connectivity index (χ0) is 2.71. The van der Waals surface area contributed by atoms with Crippen LogP contribution in [0.1, 0.15) is 6.92 Å². The Balaban J connectivity index is 0. The molecular formula is C2H5HgO. The van der Waals surface area contributed by atoms with Crippen LogP contribution in [0.2, 0.25) is 0 Å². The van der Waals surface area contributed by atoms with Crippen molar-refractivity contribution in [3.63, 3.8) is 0 Å². The van der Waals surface area contributed by atoms with Gasteiger partial charge in [-0.05, 0) is 6.92 Å². The molecule has 0 spiro atoms. The maximum atomic E-state index is 8.93. The molecule has 1 nitrogen and oxygen atoms in total. The zero-order valence-electron chi connectivity index (χ0n) is 2.82. The fourth-order valence-corrected chi connectivity index (χ4v) is 0. The molecular weight excluding hydrogens is 241 g/mol. The smallest absolute Gasteiger partial charge is 0.0794 e. The van der Waals surface area contributed by atoms with Crippen LogP contribution in [0.3, 0.4) is 0 Å². The summed E-state index contributed by atoms with van der Waals surface area (Å²) >= 11 is 0. The van der Waals surface area contributed by atoms with E-state index in [1.54, 1.807) is 6.92 Å². The standard InChI is InChI=1S/C2H5O.Hg/c1-2-3;/h2H2,1H3;. The summed E-state index contributed by atoms with van der Waals surface area (Å²) in [5, 5.41) is 8.93. The summed E-state index contributed by atoms with van der Waals surface area (Å²) in [6, 6.07) is 0. The van der Waals surface area contributed by atoms with Crippen LogP contribution in [0.15, 0.2) is 0 Å². The quantitative estimate of drug-likeness (QED) is 0.552. The van der Waals surface area contributed by atoms with Gasteiger partial charge in [-0.3, -0.25) is 0 Å². The van der Waals surface area contributed by atoms with Gasteiger partial charge in [0.1, 0.15) is 0 Å². The average Bonchev–Trinajstić information content (AvgIpc) is 0.918. The summed E-state index contributed by atoms with van der Waals surface area (Å²) in [6.45, 7) is 1.57. The first-order valence-corrected chi connectivity index (χ1v) is 0.996. The molecule has 1 radical (unpaired) electrons. The molecule has 0 bridgehead atoms. The third-order valence-electron chi connectivity index (χ3n) is 0. The first kappa shape index (κ1) is 8.86. The molecule has 0 amide bonds. The van der Waals surface area contributed by atoms with Crippen molar-refractivity contribution in [1.82, 2.24) is 0 Å². The molecule has 0 aliphatic rings. The molecule has 0 unspecified atom stereocenters. The molecule has 0 aromatic rings. The number of hydrogen-bond acceptors (Lipinski definition) is 0. The number of hydrogen-bond donors (Lipinski definition) is 0. The molecule has 0 atom stereocenters. The third-order valence-corrected chi connectivity index (χ3v) is 0. The van der Waals surface area contributed by atoms with Gasteiger partial charge in [-0.2, -0.15) is 0 Å². The summed E-state index contributed by atoms with van der Waals surface area (Å²) in [5.41, 5.74) is 0. The summed E-state index contributed by atoms with van der Waals surface area (Å²) in [5.74, 6) is 0. The molecule has 0 fully saturated rings. The molecule has 4 heavy (non-hydrogen) atoms. The van der Waals surface area contributed by atoms with E-state index >= 15 is 0 Å². The minimum Gasteiger partial charge on any atom is -0.237 e. The van der Waals surface area contributed by atoms with E-state index in [-0.39, 0.29) is 34.3 Å². The molecule has 0 saturated heterocycles. The van der Waals surface area contributed by atoms with Crippen LogP contribution < -0.4 is 0 Å². The van der Waals surface area contributed by atoms with Gasteiger partial charge in [0.2, 0.25) is 0 Å². The van der Waals surface area contributed by atoms with Crippen LogP contribution in [-0.4, -0.2) is 6.61 Å². The largest absolute Gasteiger partial charge is 0.237 e. The Morgan fingerprint density at radius 2 is 1.75 bits per heavy atom. The Kier molecular flexibility index (Phi) is 20.1. The summed E-state index contributed by atoms with van der Waals surface area (Å²) in [7, 11) is 0. The van der Waals surface area contributed by atoms with Crippen molar-refractivity contribution < 1.29 is 32.8 Å². The first-order valence-electron chi connectivity index (χ1n) is 0.996. The molecule has 0 aliphatic heterocycles. The van der Waals surface area contributed by atoms with Gasteiger partial charge in [-0.25, -0.2) is 5.11 Å². The van der Waals surface area contributed by atoms with E-state index in [1.165, 1.54) is 0 Å². The predicted molar refractivity (Wildman–Crippen MR) is 11.2 cm³/mol. The van der Waals surface area contributed by atoms with E-state index in [4.69, 9.17) is 5.11 Å². The van der Waals surface area contributed by atoms with Gasteiger partial charge in [-0.1, -0.05) is 0 Å². The van der Waals surface area contributed by atoms with Gasteiger partial charge in [-0.15, -0.1) is 0 Å². The number of rotatable bonds is 0. The van der Waals surface area contributed by atoms with Gasteiger partial charge in [0, 0.05) is 27.7 Å². The van der Waals surface area contributed by atoms with E-state index < -0.39 is 0 Å². The zero-order valence-corrected chi connectivity index (χ0v) is 8.32. The summed E-state index contributed by atoms with van der Waals surface area (Å²) in [6.07, 6.45) is 0. The molecule has 0 saturated carbocycles. The minimum atomic E-state index is 0. The maximum absolute atomic E-state index is 8.93. The third kappa shape index (κ3) is 13.0. The molecule has 2 heteroatoms. The van der Waals surface area contributed by atoms with Crippen LogP contribution in [-0.2, 0) is 32.8 Å². The van der Waals surface area contributed by atoms with Crippen molar-refractivity contribution in [2.75, 3.05) is 6.61 Å². The van der Waals surface area contributed by atoms with E-state index in [1.807, 2.05) is 0 Å². The fourth-order valence-electron chi connectivity index (χ4n) is 0. The van der Waals surface area contributed by atoms with E-state index in [9.17, 15) is 0 Å². The second-order valence-corrected chi connectivity index (χ2v) is 0.289. The maximum Gasteiger partial charge on any atom is 0.0794 e. The summed E-state index contributed by atoms with van der Waals surface area (Å²) in [4.78, 5) is 0. The minimum absolute atomic E-state index is 0. The second kappa shape index (κ2) is 9.09. The molecule has 0 rings (SSSR count). The van der Waals surface area contributed by atoms with Crippen molar-refractivity contribution in [2.45, 2.75) is 6.92 Å². The Labute approximate surface area is 46.5 Å². The molecule has 0 aliphatic carbocycles. The molecule has 0 N–H and O–H groups in total. The Bertz CT molecular complexity index is 6.00. The van der Waals surface area contributed by atoms with Crippen LogP contribution in [0.4, 0.5) is 0 Å². The van der Waals surface area contributed by atoms with Gasteiger partial charge in [0.05, 0.1) is 6.61 Å². The van der Waals surface area contributed by atoms with Crippen LogP contribution in [0.5, 0.6) is 0 Å². The Morgan fingerprint density at radius 1 is 1.75 bits per heavy atom. The SMILES string of the molecule is CC[O].[Hg]. The molecule has 0 aromatic heterocycles. The molecule has 0 aromatic carbocycles. The van der Waals surface area contributed by atoms with Crippen molar-refractivity contribution in [1.29, 1.82) is 0 Å². The van der Waals surface area contributed by atoms with Gasteiger partial charge >= 0.3 is 0 Å². The van der Waals surface area contributed by atoms with Crippen LogP contribution >= 0.6 is 0 Å². The van der Waals surface area contributed by atoms with Crippen molar-refractivity contribution >= 4 is 0 Å². The topological polar surface area (TPSA) is 19.9 Å². The Hall–Kier alpha value is 0.895. The average molecular weight is 246 g/mol. The van der Waals surface area contributed by atoms with Crippen molar-refractivity contribution in [3.8, 4) is 0 Å². The Morgan fingerprint density at radius 3 is 1.75 bits per heavy atom. The second-order valence-electron chi connectivity index (χ2n) is 0.289. The van der Waals surface area contributed by atoms with Crippen molar-refractivity contribution in [3.05, 3.63) is 0 Å². The molecule has 0 heterocycles. The predicted octanol–water partition coefficient (Wildman–Crippen LogP) is 0.434. The monoisotopic (exact) mass is 247 g/mol. The normalized spacial score (nSPS) is 4.50. The fraction of sp³-hybridized carbons (Fsp3) is 1.00.